The number of carbonyl (C=O) groups excluding carboxylic acids is 1. The zero-order valence-electron chi connectivity index (χ0n) is 17.0. The number of carbonyl (C=O) groups is 1. The first-order chi connectivity index (χ1) is 14.3. The lowest BCUT2D eigenvalue weighted by molar-refractivity contribution is -0.133. The molecule has 1 aliphatic rings. The maximum absolute atomic E-state index is 12.6. The zero-order chi connectivity index (χ0) is 21.7. The van der Waals surface area contributed by atoms with Crippen molar-refractivity contribution in [1.29, 1.82) is 0 Å². The molecule has 1 fully saturated rings. The molecule has 8 nitrogen and oxygen atoms in total. The largest absolute Gasteiger partial charge is 0.496 e. The number of sulfonamides is 1. The van der Waals surface area contributed by atoms with Gasteiger partial charge in [-0.3, -0.25) is 14.7 Å². The van der Waals surface area contributed by atoms with Gasteiger partial charge >= 0.3 is 0 Å². The van der Waals surface area contributed by atoms with Crippen LogP contribution < -0.4 is 4.74 Å². The number of halogens is 1. The highest BCUT2D eigenvalue weighted by molar-refractivity contribution is 7.89. The van der Waals surface area contributed by atoms with Crippen LogP contribution in [0.15, 0.2) is 47.6 Å². The average Bonchev–Trinajstić information content (AvgIpc) is 2.75. The van der Waals surface area contributed by atoms with Crippen LogP contribution in [0.25, 0.3) is 0 Å². The molecule has 1 aromatic carbocycles. The molecular formula is C20H25ClN4O4S. The number of pyridine rings is 1. The first-order valence-corrected chi connectivity index (χ1v) is 11.3. The minimum atomic E-state index is -3.75. The summed E-state index contributed by atoms with van der Waals surface area (Å²) in [6, 6.07) is 8.53. The molecule has 1 aliphatic heterocycles. The van der Waals surface area contributed by atoms with Gasteiger partial charge in [0.2, 0.25) is 15.9 Å². The number of benzene rings is 1. The third kappa shape index (κ3) is 5.28. The summed E-state index contributed by atoms with van der Waals surface area (Å²) in [6.45, 7) is 2.88. The normalized spacial score (nSPS) is 15.4. The third-order valence-electron chi connectivity index (χ3n) is 5.06. The average molecular weight is 453 g/mol. The van der Waals surface area contributed by atoms with Gasteiger partial charge in [-0.1, -0.05) is 11.6 Å². The van der Waals surface area contributed by atoms with E-state index in [4.69, 9.17) is 16.3 Å². The van der Waals surface area contributed by atoms with Crippen molar-refractivity contribution in [2.75, 3.05) is 46.9 Å². The van der Waals surface area contributed by atoms with Crippen LogP contribution >= 0.6 is 11.6 Å². The van der Waals surface area contributed by atoms with Crippen molar-refractivity contribution in [3.63, 3.8) is 0 Å². The Labute approximate surface area is 182 Å². The van der Waals surface area contributed by atoms with E-state index in [-0.39, 0.29) is 17.3 Å². The molecule has 2 aromatic rings. The van der Waals surface area contributed by atoms with Gasteiger partial charge in [0.15, 0.2) is 0 Å². The van der Waals surface area contributed by atoms with Crippen LogP contribution in [0.5, 0.6) is 5.75 Å². The van der Waals surface area contributed by atoms with Crippen molar-refractivity contribution in [2.45, 2.75) is 11.4 Å². The number of rotatable bonds is 7. The van der Waals surface area contributed by atoms with Gasteiger partial charge < -0.3 is 9.64 Å². The SMILES string of the molecule is COc1ccc(Cl)cc1CN1CCN(C(=O)CN(C)S(=O)(=O)c2cccnc2)CC1. The van der Waals surface area contributed by atoms with E-state index in [0.717, 1.165) is 15.6 Å². The van der Waals surface area contributed by atoms with Crippen molar-refractivity contribution in [1.82, 2.24) is 19.1 Å². The number of hydrogen-bond donors (Lipinski definition) is 0. The van der Waals surface area contributed by atoms with E-state index in [2.05, 4.69) is 9.88 Å². The minimum absolute atomic E-state index is 0.0700. The summed E-state index contributed by atoms with van der Waals surface area (Å²) in [7, 11) is -0.720. The fourth-order valence-electron chi connectivity index (χ4n) is 3.32. The molecule has 0 unspecified atom stereocenters. The fourth-order valence-corrected chi connectivity index (χ4v) is 4.60. The second kappa shape index (κ2) is 9.74. The Bertz CT molecular complexity index is 980. The monoisotopic (exact) mass is 452 g/mol. The summed E-state index contributed by atoms with van der Waals surface area (Å²) in [6.07, 6.45) is 2.78. The van der Waals surface area contributed by atoms with E-state index in [1.54, 1.807) is 24.1 Å². The molecule has 3 rings (SSSR count). The van der Waals surface area contributed by atoms with Crippen LogP contribution in [-0.4, -0.2) is 80.3 Å². The molecule has 1 saturated heterocycles. The number of methoxy groups -OCH3 is 1. The van der Waals surface area contributed by atoms with Gasteiger partial charge in [-0.15, -0.1) is 0 Å². The number of piperazine rings is 1. The molecule has 0 bridgehead atoms. The van der Waals surface area contributed by atoms with E-state index in [1.807, 2.05) is 12.1 Å². The number of likely N-dealkylation sites (N-methyl/N-ethyl adjacent to an activating group) is 1. The molecule has 2 heterocycles. The van der Waals surface area contributed by atoms with Crippen molar-refractivity contribution >= 4 is 27.5 Å². The van der Waals surface area contributed by atoms with E-state index in [9.17, 15) is 13.2 Å². The summed E-state index contributed by atoms with van der Waals surface area (Å²) in [4.78, 5) is 20.5. The Balaban J connectivity index is 1.55. The second-order valence-electron chi connectivity index (χ2n) is 7.06. The Kier molecular flexibility index (Phi) is 7.30. The Hall–Kier alpha value is -2.20. The highest BCUT2D eigenvalue weighted by atomic mass is 35.5. The number of hydrogen-bond acceptors (Lipinski definition) is 6. The molecule has 30 heavy (non-hydrogen) atoms. The molecule has 0 radical (unpaired) electrons. The highest BCUT2D eigenvalue weighted by Gasteiger charge is 2.27. The van der Waals surface area contributed by atoms with Gasteiger partial charge in [0.25, 0.3) is 0 Å². The van der Waals surface area contributed by atoms with Crippen LogP contribution in [0.1, 0.15) is 5.56 Å². The van der Waals surface area contributed by atoms with Gasteiger partial charge in [0.1, 0.15) is 10.6 Å². The molecule has 0 atom stereocenters. The fraction of sp³-hybridized carbons (Fsp3) is 0.400. The summed E-state index contributed by atoms with van der Waals surface area (Å²) < 4.78 is 31.6. The molecule has 10 heteroatoms. The Morgan fingerprint density at radius 3 is 2.60 bits per heavy atom. The summed E-state index contributed by atoms with van der Waals surface area (Å²) >= 11 is 6.10. The van der Waals surface area contributed by atoms with Gasteiger partial charge in [-0.2, -0.15) is 4.31 Å². The predicted molar refractivity (Wildman–Crippen MR) is 114 cm³/mol. The topological polar surface area (TPSA) is 83.0 Å². The molecule has 0 spiro atoms. The maximum Gasteiger partial charge on any atom is 0.244 e. The summed E-state index contributed by atoms with van der Waals surface area (Å²) in [5.41, 5.74) is 0.993. The lowest BCUT2D eigenvalue weighted by Crippen LogP contribution is -2.51. The molecule has 1 aromatic heterocycles. The first-order valence-electron chi connectivity index (χ1n) is 9.50. The minimum Gasteiger partial charge on any atom is -0.496 e. The van der Waals surface area contributed by atoms with Gasteiger partial charge in [0, 0.05) is 62.8 Å². The van der Waals surface area contributed by atoms with Crippen molar-refractivity contribution in [3.05, 3.63) is 53.3 Å². The third-order valence-corrected chi connectivity index (χ3v) is 7.08. The number of ether oxygens (including phenoxy) is 1. The zero-order valence-corrected chi connectivity index (χ0v) is 18.6. The van der Waals surface area contributed by atoms with Gasteiger partial charge in [-0.25, -0.2) is 8.42 Å². The lowest BCUT2D eigenvalue weighted by atomic mass is 10.1. The molecule has 0 aliphatic carbocycles. The smallest absolute Gasteiger partial charge is 0.244 e. The lowest BCUT2D eigenvalue weighted by Gasteiger charge is -2.35. The van der Waals surface area contributed by atoms with Crippen LogP contribution in [0.4, 0.5) is 0 Å². The van der Waals surface area contributed by atoms with Crippen molar-refractivity contribution < 1.29 is 17.9 Å². The summed E-state index contributed by atoms with van der Waals surface area (Å²) in [5.74, 6) is 0.560. The van der Waals surface area contributed by atoms with Crippen molar-refractivity contribution in [3.8, 4) is 5.75 Å². The van der Waals surface area contributed by atoms with E-state index >= 15 is 0 Å². The van der Waals surface area contributed by atoms with E-state index in [1.165, 1.54) is 25.5 Å². The van der Waals surface area contributed by atoms with Crippen LogP contribution in [0.2, 0.25) is 5.02 Å². The van der Waals surface area contributed by atoms with Crippen molar-refractivity contribution in [2.24, 2.45) is 0 Å². The Morgan fingerprint density at radius 2 is 1.97 bits per heavy atom. The predicted octanol–water partition coefficient (Wildman–Crippen LogP) is 1.71. The Morgan fingerprint density at radius 1 is 1.23 bits per heavy atom. The van der Waals surface area contributed by atoms with Crippen LogP contribution in [0.3, 0.4) is 0 Å². The number of nitrogens with zero attached hydrogens (tertiary/aromatic N) is 4. The molecule has 162 valence electrons. The summed E-state index contributed by atoms with van der Waals surface area (Å²) in [5, 5.41) is 0.650. The van der Waals surface area contributed by atoms with Crippen LogP contribution in [-0.2, 0) is 21.4 Å². The standard InChI is InChI=1S/C20H25ClN4O4S/c1-23(30(27,28)18-4-3-7-22-13-18)15-20(26)25-10-8-24(9-11-25)14-16-12-17(21)5-6-19(16)29-2/h3-7,12-13H,8-11,14-15H2,1-2H3. The second-order valence-corrected chi connectivity index (χ2v) is 9.54. The van der Waals surface area contributed by atoms with E-state index in [0.29, 0.717) is 37.7 Å². The number of amides is 1. The first kappa shape index (κ1) is 22.5. The van der Waals surface area contributed by atoms with E-state index < -0.39 is 10.0 Å². The molecule has 0 saturated carbocycles. The number of aromatic nitrogens is 1. The van der Waals surface area contributed by atoms with Gasteiger partial charge in [-0.05, 0) is 30.3 Å². The quantitative estimate of drug-likeness (QED) is 0.636. The van der Waals surface area contributed by atoms with Gasteiger partial charge in [0.05, 0.1) is 13.7 Å². The molecule has 0 N–H and O–H groups in total. The maximum atomic E-state index is 12.6. The molecule has 1 amide bonds. The van der Waals surface area contributed by atoms with Crippen LogP contribution in [0, 0.1) is 0 Å². The highest BCUT2D eigenvalue weighted by Crippen LogP contribution is 2.24. The molecular weight excluding hydrogens is 428 g/mol.